The summed E-state index contributed by atoms with van der Waals surface area (Å²) >= 11 is 0. The molecule has 1 atom stereocenters. The van der Waals surface area contributed by atoms with Crippen LogP contribution in [0.4, 0.5) is 26.2 Å². The highest BCUT2D eigenvalue weighted by Crippen LogP contribution is 2.33. The molecule has 4 heterocycles. The molecule has 0 saturated carbocycles. The van der Waals surface area contributed by atoms with Gasteiger partial charge in [0.15, 0.2) is 17.5 Å². The number of aryl methyl sites for hydroxylation is 3. The molecule has 1 aliphatic heterocycles. The Labute approximate surface area is 240 Å². The Kier molecular flexibility index (Phi) is 7.29. The average molecular weight is 573 g/mol. The lowest BCUT2D eigenvalue weighted by Crippen LogP contribution is -2.33. The van der Waals surface area contributed by atoms with Crippen molar-refractivity contribution < 1.29 is 18.3 Å². The van der Waals surface area contributed by atoms with Gasteiger partial charge in [-0.25, -0.2) is 18.7 Å². The van der Waals surface area contributed by atoms with Gasteiger partial charge in [0.25, 0.3) is 0 Å². The van der Waals surface area contributed by atoms with E-state index < -0.39 is 11.6 Å². The van der Waals surface area contributed by atoms with Crippen molar-refractivity contribution >= 4 is 34.3 Å². The summed E-state index contributed by atoms with van der Waals surface area (Å²) in [4.78, 5) is 27.5. The fraction of sp³-hybridized carbons (Fsp3) is 0.267. The number of ether oxygens (including phenoxy) is 1. The lowest BCUT2D eigenvalue weighted by Gasteiger charge is -2.17. The Balaban J connectivity index is 1.13. The van der Waals surface area contributed by atoms with E-state index in [0.717, 1.165) is 45.6 Å². The largest absolute Gasteiger partial charge is 0.489 e. The monoisotopic (exact) mass is 572 g/mol. The zero-order valence-electron chi connectivity index (χ0n) is 23.4. The molecule has 1 amide bonds. The second-order valence-electron chi connectivity index (χ2n) is 10.5. The first-order valence-corrected chi connectivity index (χ1v) is 13.6. The first-order valence-electron chi connectivity index (χ1n) is 13.6. The van der Waals surface area contributed by atoms with E-state index in [1.54, 1.807) is 10.9 Å². The summed E-state index contributed by atoms with van der Waals surface area (Å²) in [6.45, 7) is 5.26. The predicted molar refractivity (Wildman–Crippen MR) is 156 cm³/mol. The molecule has 0 radical (unpaired) electrons. The number of hydrogen-bond donors (Lipinski definition) is 3. The molecule has 42 heavy (non-hydrogen) atoms. The molecule has 2 aromatic carbocycles. The van der Waals surface area contributed by atoms with Crippen molar-refractivity contribution in [3.63, 3.8) is 0 Å². The standard InChI is InChI=1S/C30H30F2N8O2/c1-17-13-34-30(36-26-11-18(2)39(3)38-26)37-28(17)22-14-33-29-21(22)5-4-6-25(29)35-27(41)16-40-10-9-20(15-40)42-19-7-8-23(31)24(32)12-19/h4-8,11-14,20,33H,9-10,15-16H2,1-3H3,(H,35,41)(H,34,36,37,38)/t20-/m0/s1. The number of likely N-dealkylation sites (tertiary alicyclic amines) is 1. The van der Waals surface area contributed by atoms with E-state index in [9.17, 15) is 13.6 Å². The molecule has 12 heteroatoms. The lowest BCUT2D eigenvalue weighted by atomic mass is 10.1. The Hall–Kier alpha value is -4.84. The third kappa shape index (κ3) is 5.66. The van der Waals surface area contributed by atoms with Crippen LogP contribution in [0.3, 0.4) is 0 Å². The molecule has 3 aromatic heterocycles. The number of nitrogens with one attached hydrogen (secondary N) is 3. The molecule has 5 aromatic rings. The summed E-state index contributed by atoms with van der Waals surface area (Å²) in [5, 5.41) is 11.5. The molecule has 1 fully saturated rings. The molecule has 1 saturated heterocycles. The van der Waals surface area contributed by atoms with E-state index in [2.05, 4.69) is 25.7 Å². The van der Waals surface area contributed by atoms with Crippen molar-refractivity contribution in [1.29, 1.82) is 0 Å². The number of amides is 1. The van der Waals surface area contributed by atoms with Crippen molar-refractivity contribution in [2.45, 2.75) is 26.4 Å². The van der Waals surface area contributed by atoms with Crippen molar-refractivity contribution in [3.8, 4) is 17.0 Å². The SMILES string of the molecule is Cc1cnc(Nc2cc(C)n(C)n2)nc1-c1c[nH]c2c(NC(=O)CN3CC[C@H](Oc4ccc(F)c(F)c4)C3)cccc12. The van der Waals surface area contributed by atoms with Crippen molar-refractivity contribution in [2.24, 2.45) is 7.05 Å². The predicted octanol–water partition coefficient (Wildman–Crippen LogP) is 5.09. The van der Waals surface area contributed by atoms with Gasteiger partial charge >= 0.3 is 0 Å². The van der Waals surface area contributed by atoms with Crippen molar-refractivity contribution in [1.82, 2.24) is 29.6 Å². The fourth-order valence-electron chi connectivity index (χ4n) is 5.14. The number of halogens is 2. The molecule has 10 nitrogen and oxygen atoms in total. The molecule has 0 aliphatic carbocycles. The van der Waals surface area contributed by atoms with Crippen LogP contribution in [0.5, 0.6) is 5.75 Å². The van der Waals surface area contributed by atoms with E-state index in [1.165, 1.54) is 6.07 Å². The maximum atomic E-state index is 13.5. The molecule has 0 spiro atoms. The third-order valence-corrected chi connectivity index (χ3v) is 7.36. The Morgan fingerprint density at radius 2 is 2.02 bits per heavy atom. The van der Waals surface area contributed by atoms with Crippen molar-refractivity contribution in [3.05, 3.63) is 77.8 Å². The molecule has 6 rings (SSSR count). The molecule has 0 bridgehead atoms. The minimum Gasteiger partial charge on any atom is -0.489 e. The summed E-state index contributed by atoms with van der Waals surface area (Å²) in [5.74, 6) is -0.662. The van der Waals surface area contributed by atoms with Gasteiger partial charge in [0.2, 0.25) is 11.9 Å². The summed E-state index contributed by atoms with van der Waals surface area (Å²) < 4.78 is 34.3. The lowest BCUT2D eigenvalue weighted by molar-refractivity contribution is -0.117. The van der Waals surface area contributed by atoms with Gasteiger partial charge in [-0.15, -0.1) is 0 Å². The topological polar surface area (TPSA) is 113 Å². The number of anilines is 3. The van der Waals surface area contributed by atoms with E-state index in [4.69, 9.17) is 9.72 Å². The van der Waals surface area contributed by atoms with Gasteiger partial charge in [-0.1, -0.05) is 12.1 Å². The number of carbonyl (C=O) groups excluding carboxylic acids is 1. The molecular formula is C30H30F2N8O2. The normalized spacial score (nSPS) is 15.3. The number of carbonyl (C=O) groups is 1. The number of benzene rings is 2. The highest BCUT2D eigenvalue weighted by molar-refractivity contribution is 6.06. The zero-order valence-corrected chi connectivity index (χ0v) is 23.4. The Bertz CT molecular complexity index is 1760. The third-order valence-electron chi connectivity index (χ3n) is 7.36. The Morgan fingerprint density at radius 1 is 1.17 bits per heavy atom. The molecule has 3 N–H and O–H groups in total. The maximum Gasteiger partial charge on any atom is 0.238 e. The minimum absolute atomic E-state index is 0.164. The summed E-state index contributed by atoms with van der Waals surface area (Å²) in [6, 6.07) is 11.1. The fourth-order valence-corrected chi connectivity index (χ4v) is 5.14. The van der Waals surface area contributed by atoms with Gasteiger partial charge in [-0.05, 0) is 44.0 Å². The molecule has 1 aliphatic rings. The number of para-hydroxylation sites is 1. The maximum absolute atomic E-state index is 13.5. The number of aromatic amines is 1. The second-order valence-corrected chi connectivity index (χ2v) is 10.5. The van der Waals surface area contributed by atoms with Crippen LogP contribution in [0.15, 0.2) is 54.9 Å². The number of rotatable bonds is 8. The van der Waals surface area contributed by atoms with E-state index in [-0.39, 0.29) is 24.3 Å². The smallest absolute Gasteiger partial charge is 0.238 e. The molecule has 216 valence electrons. The van der Waals surface area contributed by atoms with Crippen molar-refractivity contribution in [2.75, 3.05) is 30.3 Å². The number of hydrogen-bond acceptors (Lipinski definition) is 7. The number of H-pyrrole nitrogens is 1. The van der Waals surface area contributed by atoms with E-state index in [0.29, 0.717) is 37.0 Å². The van der Waals surface area contributed by atoms with Gasteiger partial charge in [0.05, 0.1) is 23.4 Å². The van der Waals surface area contributed by atoms with Crippen LogP contribution in [-0.2, 0) is 11.8 Å². The summed E-state index contributed by atoms with van der Waals surface area (Å²) in [5.41, 5.74) is 5.01. The highest BCUT2D eigenvalue weighted by Gasteiger charge is 2.26. The van der Waals surface area contributed by atoms with Crippen LogP contribution in [-0.4, -0.2) is 61.3 Å². The number of aromatic nitrogens is 5. The quantitative estimate of drug-likeness (QED) is 0.237. The number of fused-ring (bicyclic) bond motifs is 1. The van der Waals surface area contributed by atoms with E-state index in [1.807, 2.05) is 56.3 Å². The Morgan fingerprint density at radius 3 is 2.81 bits per heavy atom. The summed E-state index contributed by atoms with van der Waals surface area (Å²) in [7, 11) is 1.87. The van der Waals surface area contributed by atoms with Gasteiger partial charge in [-0.3, -0.25) is 14.4 Å². The highest BCUT2D eigenvalue weighted by atomic mass is 19.2. The van der Waals surface area contributed by atoms with Gasteiger partial charge < -0.3 is 20.4 Å². The van der Waals surface area contributed by atoms with Gasteiger partial charge in [0.1, 0.15) is 11.9 Å². The van der Waals surface area contributed by atoms with Crippen LogP contribution in [0.25, 0.3) is 22.2 Å². The summed E-state index contributed by atoms with van der Waals surface area (Å²) in [6.07, 6.45) is 4.11. The minimum atomic E-state index is -0.949. The number of nitrogens with zero attached hydrogens (tertiary/aromatic N) is 5. The van der Waals surface area contributed by atoms with Crippen LogP contribution < -0.4 is 15.4 Å². The van der Waals surface area contributed by atoms with Crippen LogP contribution in [0, 0.1) is 25.5 Å². The second kappa shape index (κ2) is 11.2. The van der Waals surface area contributed by atoms with Crippen LogP contribution in [0.1, 0.15) is 17.7 Å². The van der Waals surface area contributed by atoms with Crippen LogP contribution in [0.2, 0.25) is 0 Å². The van der Waals surface area contributed by atoms with Gasteiger partial charge in [-0.2, -0.15) is 5.10 Å². The van der Waals surface area contributed by atoms with Crippen LogP contribution >= 0.6 is 0 Å². The average Bonchev–Trinajstić information content (AvgIpc) is 3.66. The van der Waals surface area contributed by atoms with E-state index >= 15 is 0 Å². The first-order chi connectivity index (χ1) is 20.2. The molecular weight excluding hydrogens is 542 g/mol. The first kappa shape index (κ1) is 27.3. The van der Waals surface area contributed by atoms with Gasteiger partial charge in [0, 0.05) is 61.3 Å². The molecule has 0 unspecified atom stereocenters. The zero-order chi connectivity index (χ0) is 29.4.